The van der Waals surface area contributed by atoms with Crippen LogP contribution in [0.15, 0.2) is 69.0 Å². The fraction of sp³-hybridized carbons (Fsp3) is 0.240. The topological polar surface area (TPSA) is 82.3 Å². The molecule has 0 spiro atoms. The molecule has 0 atom stereocenters. The van der Waals surface area contributed by atoms with E-state index < -0.39 is 10.9 Å². The van der Waals surface area contributed by atoms with Gasteiger partial charge in [-0.05, 0) is 49.7 Å². The Bertz CT molecular complexity index is 1370. The van der Waals surface area contributed by atoms with Crippen LogP contribution in [0.5, 0.6) is 5.75 Å². The molecule has 0 radical (unpaired) electrons. The maximum Gasteiger partial charge on any atom is 0.279 e. The van der Waals surface area contributed by atoms with Gasteiger partial charge in [0.25, 0.3) is 11.0 Å². The summed E-state index contributed by atoms with van der Waals surface area (Å²) in [6, 6.07) is 16.3. The maximum atomic E-state index is 13.3. The average Bonchev–Trinajstić information content (AvgIpc) is 3.03. The number of nitrogens with zero attached hydrogens (tertiary/aromatic N) is 2. The van der Waals surface area contributed by atoms with E-state index >= 15 is 0 Å². The van der Waals surface area contributed by atoms with Gasteiger partial charge >= 0.3 is 0 Å². The van der Waals surface area contributed by atoms with Crippen molar-refractivity contribution >= 4 is 11.4 Å². The third kappa shape index (κ3) is 3.66. The van der Waals surface area contributed by atoms with Crippen molar-refractivity contribution in [3.05, 3.63) is 91.1 Å². The lowest BCUT2D eigenvalue weighted by Crippen LogP contribution is -2.37. The number of rotatable bonds is 8. The predicted octanol–water partition coefficient (Wildman–Crippen LogP) is 3.67. The summed E-state index contributed by atoms with van der Waals surface area (Å²) in [5.74, 6) is 0.735. The molecule has 0 aliphatic carbocycles. The Labute approximate surface area is 185 Å². The molecule has 4 rings (SSSR count). The predicted molar refractivity (Wildman–Crippen MR) is 126 cm³/mol. The van der Waals surface area contributed by atoms with Crippen molar-refractivity contribution in [2.75, 3.05) is 11.9 Å². The third-order valence-corrected chi connectivity index (χ3v) is 5.60. The lowest BCUT2D eigenvalue weighted by Gasteiger charge is -2.13. The molecule has 0 unspecified atom stereocenters. The van der Waals surface area contributed by atoms with Gasteiger partial charge in [-0.15, -0.1) is 0 Å². The smallest absolute Gasteiger partial charge is 0.279 e. The number of aromatic nitrogens is 2. The van der Waals surface area contributed by atoms with Crippen LogP contribution in [0.25, 0.3) is 16.8 Å². The van der Waals surface area contributed by atoms with Crippen LogP contribution in [0.4, 0.5) is 11.4 Å². The van der Waals surface area contributed by atoms with Gasteiger partial charge in [0.1, 0.15) is 11.4 Å². The number of ether oxygens (including phenoxy) is 1. The van der Waals surface area contributed by atoms with E-state index in [9.17, 15) is 14.4 Å². The van der Waals surface area contributed by atoms with Crippen molar-refractivity contribution in [1.29, 1.82) is 0 Å². The van der Waals surface area contributed by atoms with Crippen molar-refractivity contribution in [3.8, 4) is 22.6 Å². The SMILES string of the molecule is CCCCOc1ccc(Nc2c(-c3c(C)n(C)n(-c4ccccc4)c3=O)c(=O)c2=O)cc1. The van der Waals surface area contributed by atoms with Crippen LogP contribution in [0.1, 0.15) is 25.5 Å². The van der Waals surface area contributed by atoms with Crippen LogP contribution >= 0.6 is 0 Å². The summed E-state index contributed by atoms with van der Waals surface area (Å²) in [6.07, 6.45) is 2.03. The highest BCUT2D eigenvalue weighted by Crippen LogP contribution is 2.28. The minimum atomic E-state index is -0.655. The Morgan fingerprint density at radius 2 is 1.59 bits per heavy atom. The maximum absolute atomic E-state index is 13.3. The monoisotopic (exact) mass is 431 g/mol. The van der Waals surface area contributed by atoms with Gasteiger partial charge < -0.3 is 10.1 Å². The molecule has 3 aromatic carbocycles. The molecule has 7 heteroatoms. The number of anilines is 2. The van der Waals surface area contributed by atoms with Gasteiger partial charge in [0.05, 0.1) is 23.4 Å². The molecule has 0 saturated heterocycles. The first-order valence-corrected chi connectivity index (χ1v) is 10.6. The third-order valence-electron chi connectivity index (χ3n) is 5.60. The summed E-state index contributed by atoms with van der Waals surface area (Å²) in [6.45, 7) is 4.51. The summed E-state index contributed by atoms with van der Waals surface area (Å²) in [5, 5.41) is 3.02. The van der Waals surface area contributed by atoms with Crippen LogP contribution < -0.4 is 26.5 Å². The van der Waals surface area contributed by atoms with Crippen LogP contribution in [-0.2, 0) is 7.05 Å². The van der Waals surface area contributed by atoms with E-state index in [0.717, 1.165) is 18.6 Å². The quantitative estimate of drug-likeness (QED) is 0.340. The molecule has 1 aromatic heterocycles. The number of unbranched alkanes of at least 4 members (excludes halogenated alkanes) is 1. The normalized spacial score (nSPS) is 11.1. The van der Waals surface area contributed by atoms with Crippen LogP contribution in [0.3, 0.4) is 0 Å². The summed E-state index contributed by atoms with van der Waals surface area (Å²) >= 11 is 0. The van der Waals surface area contributed by atoms with Crippen LogP contribution in [0, 0.1) is 6.92 Å². The van der Waals surface area contributed by atoms with Crippen molar-refractivity contribution in [2.45, 2.75) is 26.7 Å². The molecule has 1 N–H and O–H groups in total. The van der Waals surface area contributed by atoms with E-state index in [2.05, 4.69) is 12.2 Å². The van der Waals surface area contributed by atoms with E-state index in [4.69, 9.17) is 4.74 Å². The molecule has 0 aliphatic heterocycles. The van der Waals surface area contributed by atoms with E-state index in [-0.39, 0.29) is 22.4 Å². The number of hydrogen-bond donors (Lipinski definition) is 1. The summed E-state index contributed by atoms with van der Waals surface area (Å²) in [5.41, 5.74) is 0.809. The highest BCUT2D eigenvalue weighted by molar-refractivity contribution is 5.85. The average molecular weight is 431 g/mol. The Morgan fingerprint density at radius 1 is 0.906 bits per heavy atom. The van der Waals surface area contributed by atoms with Gasteiger partial charge in [-0.1, -0.05) is 31.5 Å². The Balaban J connectivity index is 1.69. The summed E-state index contributed by atoms with van der Waals surface area (Å²) in [4.78, 5) is 38.1. The molecule has 0 fully saturated rings. The molecule has 1 heterocycles. The van der Waals surface area contributed by atoms with E-state index in [0.29, 0.717) is 23.7 Å². The zero-order chi connectivity index (χ0) is 22.8. The molecular formula is C25H25N3O4. The molecule has 4 aromatic rings. The van der Waals surface area contributed by atoms with Crippen molar-refractivity contribution in [2.24, 2.45) is 7.05 Å². The second-order valence-electron chi connectivity index (χ2n) is 7.70. The van der Waals surface area contributed by atoms with Gasteiger partial charge in [0.2, 0.25) is 5.43 Å². The van der Waals surface area contributed by atoms with Crippen molar-refractivity contribution in [1.82, 2.24) is 9.36 Å². The molecule has 32 heavy (non-hydrogen) atoms. The van der Waals surface area contributed by atoms with Gasteiger partial charge in [0.15, 0.2) is 0 Å². The lowest BCUT2D eigenvalue weighted by molar-refractivity contribution is 0.309. The van der Waals surface area contributed by atoms with Crippen molar-refractivity contribution < 1.29 is 4.74 Å². The molecule has 164 valence electrons. The first-order valence-electron chi connectivity index (χ1n) is 10.6. The zero-order valence-electron chi connectivity index (χ0n) is 18.3. The van der Waals surface area contributed by atoms with Gasteiger partial charge in [0, 0.05) is 18.4 Å². The minimum absolute atomic E-state index is 0.131. The highest BCUT2D eigenvalue weighted by Gasteiger charge is 2.29. The zero-order valence-corrected chi connectivity index (χ0v) is 18.3. The Hall–Kier alpha value is -3.87. The molecule has 0 aliphatic rings. The molecule has 0 bridgehead atoms. The first-order chi connectivity index (χ1) is 15.4. The fourth-order valence-corrected chi connectivity index (χ4v) is 3.72. The van der Waals surface area contributed by atoms with Crippen LogP contribution in [0.2, 0.25) is 0 Å². The van der Waals surface area contributed by atoms with Gasteiger partial charge in [-0.3, -0.25) is 19.1 Å². The second kappa shape index (κ2) is 8.70. The minimum Gasteiger partial charge on any atom is -0.494 e. The Kier molecular flexibility index (Phi) is 5.81. The van der Waals surface area contributed by atoms with Gasteiger partial charge in [-0.25, -0.2) is 4.68 Å². The molecular weight excluding hydrogens is 406 g/mol. The van der Waals surface area contributed by atoms with Crippen molar-refractivity contribution in [3.63, 3.8) is 0 Å². The standard InChI is InChI=1S/C25H25N3O4/c1-4-5-15-32-19-13-11-17(12-14-19)26-22-21(23(29)24(22)30)20-16(2)27(3)28(25(20)31)18-9-7-6-8-10-18/h6-14,26H,4-5,15H2,1-3H3. The van der Waals surface area contributed by atoms with E-state index in [1.165, 1.54) is 4.68 Å². The fourth-order valence-electron chi connectivity index (χ4n) is 3.72. The number of hydrogen-bond acceptors (Lipinski definition) is 5. The van der Waals surface area contributed by atoms with Gasteiger partial charge in [-0.2, -0.15) is 0 Å². The highest BCUT2D eigenvalue weighted by atomic mass is 16.5. The number of nitrogens with one attached hydrogen (secondary N) is 1. The molecule has 0 saturated carbocycles. The number of benzene rings is 2. The molecule has 7 nitrogen and oxygen atoms in total. The largest absolute Gasteiger partial charge is 0.494 e. The molecule has 0 amide bonds. The van der Waals surface area contributed by atoms with E-state index in [1.54, 1.807) is 42.9 Å². The first kappa shape index (κ1) is 21.4. The summed E-state index contributed by atoms with van der Waals surface area (Å²) in [7, 11) is 1.75. The number of para-hydroxylation sites is 1. The Morgan fingerprint density at radius 3 is 2.25 bits per heavy atom. The lowest BCUT2D eigenvalue weighted by atomic mass is 9.98. The van der Waals surface area contributed by atoms with E-state index in [1.807, 2.05) is 30.3 Å². The van der Waals surface area contributed by atoms with Crippen LogP contribution in [-0.4, -0.2) is 16.0 Å². The summed E-state index contributed by atoms with van der Waals surface area (Å²) < 4.78 is 8.84. The second-order valence-corrected chi connectivity index (χ2v) is 7.70.